The fourth-order valence-electron chi connectivity index (χ4n) is 3.05. The lowest BCUT2D eigenvalue weighted by molar-refractivity contribution is 0.0942. The zero-order valence-corrected chi connectivity index (χ0v) is 17.3. The van der Waals surface area contributed by atoms with E-state index < -0.39 is 5.91 Å². The Kier molecular flexibility index (Phi) is 5.35. The summed E-state index contributed by atoms with van der Waals surface area (Å²) in [6, 6.07) is 9.23. The van der Waals surface area contributed by atoms with Crippen molar-refractivity contribution >= 4 is 17.5 Å². The second-order valence-corrected chi connectivity index (χ2v) is 7.13. The third-order valence-electron chi connectivity index (χ3n) is 4.69. The number of carbonyl (C=O) groups is 2. The number of amides is 2. The normalized spacial score (nSPS) is 10.8. The van der Waals surface area contributed by atoms with Crippen LogP contribution in [0.4, 0.5) is 5.69 Å². The summed E-state index contributed by atoms with van der Waals surface area (Å²) < 4.78 is 8.35. The Labute approximate surface area is 177 Å². The number of nitrogens with zero attached hydrogens (tertiary/aromatic N) is 5. The number of aromatic nitrogens is 5. The molecule has 0 unspecified atom stereocenters. The van der Waals surface area contributed by atoms with Crippen molar-refractivity contribution in [2.75, 3.05) is 5.32 Å². The van der Waals surface area contributed by atoms with Crippen molar-refractivity contribution < 1.29 is 14.1 Å². The molecule has 0 saturated heterocycles. The number of aryl methyl sites for hydroxylation is 3. The van der Waals surface area contributed by atoms with Crippen LogP contribution >= 0.6 is 0 Å². The van der Waals surface area contributed by atoms with E-state index >= 15 is 0 Å². The van der Waals surface area contributed by atoms with Crippen molar-refractivity contribution in [1.29, 1.82) is 0 Å². The Balaban J connectivity index is 1.46. The van der Waals surface area contributed by atoms with Gasteiger partial charge in [-0.05, 0) is 6.92 Å². The second-order valence-electron chi connectivity index (χ2n) is 7.13. The number of carbonyl (C=O) groups excluding carboxylic acids is 2. The molecule has 0 atom stereocenters. The minimum Gasteiger partial charge on any atom is -0.355 e. The fraction of sp³-hybridized carbons (Fsp3) is 0.190. The zero-order chi connectivity index (χ0) is 22.0. The maximum atomic E-state index is 12.7. The van der Waals surface area contributed by atoms with E-state index in [2.05, 4.69) is 26.0 Å². The number of rotatable bonds is 6. The van der Waals surface area contributed by atoms with Crippen molar-refractivity contribution in [1.82, 2.24) is 30.0 Å². The molecule has 0 aliphatic rings. The van der Waals surface area contributed by atoms with Crippen LogP contribution in [0.5, 0.6) is 0 Å². The van der Waals surface area contributed by atoms with Crippen LogP contribution in [0.15, 0.2) is 53.4 Å². The van der Waals surface area contributed by atoms with Crippen LogP contribution in [-0.2, 0) is 20.6 Å². The first kappa shape index (κ1) is 20.1. The molecule has 31 heavy (non-hydrogen) atoms. The molecule has 10 nitrogen and oxygen atoms in total. The lowest BCUT2D eigenvalue weighted by atomic mass is 10.1. The number of hydrogen-bond donors (Lipinski definition) is 2. The SMILES string of the molecule is Cc1ccc(-c2cc(C(=O)Nc3cnn(C)c3C(=O)NCc3cnn(C)c3)no2)cc1. The molecule has 0 aliphatic carbocycles. The first-order valence-corrected chi connectivity index (χ1v) is 9.53. The zero-order valence-electron chi connectivity index (χ0n) is 17.3. The summed E-state index contributed by atoms with van der Waals surface area (Å²) in [6.45, 7) is 2.29. The lowest BCUT2D eigenvalue weighted by Crippen LogP contribution is -2.26. The third-order valence-corrected chi connectivity index (χ3v) is 4.69. The maximum Gasteiger partial charge on any atom is 0.277 e. The molecule has 2 amide bonds. The molecule has 4 aromatic rings. The highest BCUT2D eigenvalue weighted by atomic mass is 16.5. The van der Waals surface area contributed by atoms with Gasteiger partial charge in [0, 0.05) is 44.0 Å². The Morgan fingerprint density at radius 1 is 1.06 bits per heavy atom. The van der Waals surface area contributed by atoms with Gasteiger partial charge in [-0.3, -0.25) is 19.0 Å². The highest BCUT2D eigenvalue weighted by molar-refractivity contribution is 6.07. The number of hydrogen-bond acceptors (Lipinski definition) is 6. The van der Waals surface area contributed by atoms with E-state index in [1.165, 1.54) is 10.9 Å². The number of anilines is 1. The molecule has 3 heterocycles. The molecule has 2 N–H and O–H groups in total. The van der Waals surface area contributed by atoms with Crippen LogP contribution in [0.3, 0.4) is 0 Å². The van der Waals surface area contributed by atoms with Gasteiger partial charge in [0.2, 0.25) is 0 Å². The van der Waals surface area contributed by atoms with E-state index in [-0.39, 0.29) is 23.0 Å². The molecular formula is C21H21N7O3. The predicted octanol–water partition coefficient (Wildman–Crippen LogP) is 2.30. The minimum absolute atomic E-state index is 0.0983. The average Bonchev–Trinajstić information content (AvgIpc) is 3.47. The second kappa shape index (κ2) is 8.27. The van der Waals surface area contributed by atoms with Gasteiger partial charge in [-0.1, -0.05) is 35.0 Å². The van der Waals surface area contributed by atoms with E-state index in [9.17, 15) is 9.59 Å². The van der Waals surface area contributed by atoms with Crippen molar-refractivity contribution in [2.24, 2.45) is 14.1 Å². The molecule has 3 aromatic heterocycles. The summed E-state index contributed by atoms with van der Waals surface area (Å²) in [7, 11) is 3.43. The summed E-state index contributed by atoms with van der Waals surface area (Å²) >= 11 is 0. The van der Waals surface area contributed by atoms with Crippen molar-refractivity contribution in [3.05, 3.63) is 71.4 Å². The maximum absolute atomic E-state index is 12.7. The summed E-state index contributed by atoms with van der Waals surface area (Å²) in [4.78, 5) is 25.3. The van der Waals surface area contributed by atoms with Gasteiger partial charge >= 0.3 is 0 Å². The summed E-state index contributed by atoms with van der Waals surface area (Å²) in [5.74, 6) is -0.401. The average molecular weight is 419 g/mol. The molecule has 0 spiro atoms. The molecule has 0 fully saturated rings. The Hall–Kier alpha value is -4.21. The van der Waals surface area contributed by atoms with Crippen LogP contribution in [-0.4, -0.2) is 36.5 Å². The molecule has 0 saturated carbocycles. The van der Waals surface area contributed by atoms with Gasteiger partial charge < -0.3 is 15.2 Å². The van der Waals surface area contributed by atoms with Gasteiger partial charge in [-0.2, -0.15) is 10.2 Å². The quantitative estimate of drug-likeness (QED) is 0.495. The Bertz CT molecular complexity index is 1230. The van der Waals surface area contributed by atoms with Gasteiger partial charge in [0.05, 0.1) is 18.1 Å². The van der Waals surface area contributed by atoms with Gasteiger partial charge in [0.1, 0.15) is 5.69 Å². The van der Waals surface area contributed by atoms with E-state index in [1.54, 1.807) is 31.0 Å². The topological polar surface area (TPSA) is 120 Å². The third kappa shape index (κ3) is 4.37. The van der Waals surface area contributed by atoms with Crippen LogP contribution < -0.4 is 10.6 Å². The first-order valence-electron chi connectivity index (χ1n) is 9.53. The van der Waals surface area contributed by atoms with Crippen molar-refractivity contribution in [2.45, 2.75) is 13.5 Å². The molecule has 1 aromatic carbocycles. The van der Waals surface area contributed by atoms with Gasteiger partial charge in [-0.25, -0.2) is 0 Å². The van der Waals surface area contributed by atoms with E-state index in [0.717, 1.165) is 16.7 Å². The highest BCUT2D eigenvalue weighted by Gasteiger charge is 2.21. The highest BCUT2D eigenvalue weighted by Crippen LogP contribution is 2.22. The van der Waals surface area contributed by atoms with Crippen LogP contribution in [0.1, 0.15) is 32.1 Å². The molecule has 0 bridgehead atoms. The van der Waals surface area contributed by atoms with Gasteiger partial charge in [0.25, 0.3) is 11.8 Å². The molecule has 10 heteroatoms. The van der Waals surface area contributed by atoms with E-state index in [0.29, 0.717) is 12.3 Å². The molecule has 0 radical (unpaired) electrons. The van der Waals surface area contributed by atoms with Crippen LogP contribution in [0, 0.1) is 6.92 Å². The summed E-state index contributed by atoms with van der Waals surface area (Å²) in [5.41, 5.74) is 3.38. The number of nitrogens with one attached hydrogen (secondary N) is 2. The molecule has 158 valence electrons. The van der Waals surface area contributed by atoms with Crippen molar-refractivity contribution in [3.8, 4) is 11.3 Å². The standard InChI is InChI=1S/C21H21N7O3/c1-13-4-6-15(7-5-13)18-8-16(26-31-18)20(29)25-17-11-24-28(3)19(17)21(30)22-9-14-10-23-27(2)12-14/h4-8,10-12H,9H2,1-3H3,(H,22,30)(H,25,29). The monoisotopic (exact) mass is 419 g/mol. The Morgan fingerprint density at radius 3 is 2.55 bits per heavy atom. The summed E-state index contributed by atoms with van der Waals surface area (Å²) in [5, 5.41) is 17.5. The minimum atomic E-state index is -0.503. The van der Waals surface area contributed by atoms with Crippen LogP contribution in [0.2, 0.25) is 0 Å². The fourth-order valence-corrected chi connectivity index (χ4v) is 3.05. The van der Waals surface area contributed by atoms with E-state index in [4.69, 9.17) is 4.52 Å². The predicted molar refractivity (Wildman–Crippen MR) is 112 cm³/mol. The molecule has 4 rings (SSSR count). The Morgan fingerprint density at radius 2 is 1.84 bits per heavy atom. The van der Waals surface area contributed by atoms with Crippen molar-refractivity contribution in [3.63, 3.8) is 0 Å². The van der Waals surface area contributed by atoms with Gasteiger partial charge in [-0.15, -0.1) is 0 Å². The largest absolute Gasteiger partial charge is 0.355 e. The van der Waals surface area contributed by atoms with Crippen LogP contribution in [0.25, 0.3) is 11.3 Å². The number of benzene rings is 1. The molecule has 0 aliphatic heterocycles. The first-order chi connectivity index (χ1) is 14.9. The molecular weight excluding hydrogens is 398 g/mol. The van der Waals surface area contributed by atoms with Gasteiger partial charge in [0.15, 0.2) is 11.5 Å². The van der Waals surface area contributed by atoms with E-state index in [1.807, 2.05) is 37.4 Å². The smallest absolute Gasteiger partial charge is 0.277 e. The lowest BCUT2D eigenvalue weighted by Gasteiger charge is -2.07. The summed E-state index contributed by atoms with van der Waals surface area (Å²) in [6.07, 6.45) is 4.89.